The van der Waals surface area contributed by atoms with Crippen molar-refractivity contribution in [2.24, 2.45) is 0 Å². The van der Waals surface area contributed by atoms with Crippen molar-refractivity contribution in [1.29, 1.82) is 0 Å². The first-order chi connectivity index (χ1) is 10.1. The van der Waals surface area contributed by atoms with Crippen molar-refractivity contribution >= 4 is 18.3 Å². The van der Waals surface area contributed by atoms with Gasteiger partial charge in [0.2, 0.25) is 0 Å². The molecule has 0 aliphatic carbocycles. The van der Waals surface area contributed by atoms with E-state index in [-0.39, 0.29) is 10.6 Å². The molecule has 6 nitrogen and oxygen atoms in total. The predicted molar refractivity (Wildman–Crippen MR) is 84.0 cm³/mol. The SMILES string of the molecule is CN1Cc2c(B3OC(C)(C)C(C)(C)O3)ccc([N+](=O)[O-])c2C1. The fourth-order valence-electron chi connectivity index (χ4n) is 3.02. The average Bonchev–Trinajstić information content (AvgIpc) is 2.85. The van der Waals surface area contributed by atoms with Gasteiger partial charge in [0, 0.05) is 24.7 Å². The molecule has 2 aliphatic rings. The van der Waals surface area contributed by atoms with Crippen molar-refractivity contribution in [2.45, 2.75) is 52.0 Å². The van der Waals surface area contributed by atoms with E-state index in [0.717, 1.165) is 16.6 Å². The lowest BCUT2D eigenvalue weighted by Gasteiger charge is -2.32. The minimum absolute atomic E-state index is 0.180. The molecule has 0 spiro atoms. The maximum atomic E-state index is 11.2. The van der Waals surface area contributed by atoms with E-state index in [0.29, 0.717) is 13.1 Å². The van der Waals surface area contributed by atoms with Crippen molar-refractivity contribution in [1.82, 2.24) is 4.90 Å². The van der Waals surface area contributed by atoms with Gasteiger partial charge in [0.25, 0.3) is 5.69 Å². The van der Waals surface area contributed by atoms with Crippen LogP contribution in [0.1, 0.15) is 38.8 Å². The number of nitro groups is 1. The van der Waals surface area contributed by atoms with E-state index in [1.54, 1.807) is 12.1 Å². The quantitative estimate of drug-likeness (QED) is 0.474. The molecule has 0 amide bonds. The third-order valence-electron chi connectivity index (χ3n) is 5.00. The number of hydrogen-bond donors (Lipinski definition) is 0. The van der Waals surface area contributed by atoms with E-state index in [2.05, 4.69) is 4.90 Å². The summed E-state index contributed by atoms with van der Waals surface area (Å²) in [4.78, 5) is 13.0. The van der Waals surface area contributed by atoms with Crippen molar-refractivity contribution in [3.05, 3.63) is 33.4 Å². The van der Waals surface area contributed by atoms with E-state index in [4.69, 9.17) is 9.31 Å². The lowest BCUT2D eigenvalue weighted by Crippen LogP contribution is -2.41. The molecule has 0 radical (unpaired) electrons. The summed E-state index contributed by atoms with van der Waals surface area (Å²) in [5.74, 6) is 0. The zero-order chi connectivity index (χ0) is 16.3. The smallest absolute Gasteiger partial charge is 0.399 e. The van der Waals surface area contributed by atoms with Crippen LogP contribution in [-0.4, -0.2) is 35.2 Å². The second-order valence-corrected chi connectivity index (χ2v) is 7.15. The molecule has 2 heterocycles. The number of benzene rings is 1. The average molecular weight is 304 g/mol. The zero-order valence-corrected chi connectivity index (χ0v) is 13.7. The summed E-state index contributed by atoms with van der Waals surface area (Å²) in [6.07, 6.45) is 0. The highest BCUT2D eigenvalue weighted by Gasteiger charge is 2.52. The number of nitrogens with zero attached hydrogens (tertiary/aromatic N) is 2. The van der Waals surface area contributed by atoms with Crippen LogP contribution in [0.5, 0.6) is 0 Å². The Kier molecular flexibility index (Phi) is 3.36. The van der Waals surface area contributed by atoms with Gasteiger partial charge in [-0.25, -0.2) is 0 Å². The monoisotopic (exact) mass is 304 g/mol. The number of fused-ring (bicyclic) bond motifs is 1. The summed E-state index contributed by atoms with van der Waals surface area (Å²) in [6.45, 7) is 9.28. The van der Waals surface area contributed by atoms with E-state index < -0.39 is 18.3 Å². The first-order valence-electron chi connectivity index (χ1n) is 7.45. The summed E-state index contributed by atoms with van der Waals surface area (Å²) in [5, 5.41) is 11.2. The van der Waals surface area contributed by atoms with Gasteiger partial charge in [-0.3, -0.25) is 15.0 Å². The van der Waals surface area contributed by atoms with Crippen LogP contribution in [0.4, 0.5) is 5.69 Å². The van der Waals surface area contributed by atoms with Crippen LogP contribution in [0.15, 0.2) is 12.1 Å². The molecule has 1 aromatic carbocycles. The molecule has 0 atom stereocenters. The van der Waals surface area contributed by atoms with Crippen LogP contribution in [0.2, 0.25) is 0 Å². The minimum atomic E-state index is -0.481. The van der Waals surface area contributed by atoms with Crippen LogP contribution < -0.4 is 5.46 Å². The summed E-state index contributed by atoms with van der Waals surface area (Å²) in [6, 6.07) is 3.34. The van der Waals surface area contributed by atoms with Crippen molar-refractivity contribution < 1.29 is 14.2 Å². The Bertz CT molecular complexity index is 629. The summed E-state index contributed by atoms with van der Waals surface area (Å²) in [5.41, 5.74) is 1.99. The molecular weight excluding hydrogens is 283 g/mol. The molecule has 0 N–H and O–H groups in total. The molecular formula is C15H21BN2O4. The molecule has 22 heavy (non-hydrogen) atoms. The third kappa shape index (κ3) is 2.24. The van der Waals surface area contributed by atoms with Gasteiger partial charge in [0.05, 0.1) is 16.1 Å². The number of hydrogen-bond acceptors (Lipinski definition) is 5. The molecule has 1 aromatic rings. The topological polar surface area (TPSA) is 64.8 Å². The molecule has 0 aromatic heterocycles. The Morgan fingerprint density at radius 3 is 2.23 bits per heavy atom. The Labute approximate surface area is 130 Å². The number of rotatable bonds is 2. The Morgan fingerprint density at radius 1 is 1.14 bits per heavy atom. The molecule has 7 heteroatoms. The van der Waals surface area contributed by atoms with Crippen LogP contribution in [0.3, 0.4) is 0 Å². The minimum Gasteiger partial charge on any atom is -0.399 e. The van der Waals surface area contributed by atoms with Crippen molar-refractivity contribution in [3.8, 4) is 0 Å². The van der Waals surface area contributed by atoms with Crippen molar-refractivity contribution in [3.63, 3.8) is 0 Å². The van der Waals surface area contributed by atoms with Gasteiger partial charge in [-0.2, -0.15) is 0 Å². The van der Waals surface area contributed by atoms with E-state index in [9.17, 15) is 10.1 Å². The molecule has 3 rings (SSSR count). The Balaban J connectivity index is 2.04. The van der Waals surface area contributed by atoms with Gasteiger partial charge < -0.3 is 9.31 Å². The molecule has 0 bridgehead atoms. The van der Waals surface area contributed by atoms with Crippen LogP contribution in [-0.2, 0) is 22.4 Å². The predicted octanol–water partition coefficient (Wildman–Crippen LogP) is 1.84. The van der Waals surface area contributed by atoms with Gasteiger partial charge in [-0.05, 0) is 45.8 Å². The molecule has 0 saturated carbocycles. The van der Waals surface area contributed by atoms with Crippen LogP contribution in [0, 0.1) is 10.1 Å². The highest BCUT2D eigenvalue weighted by atomic mass is 16.7. The van der Waals surface area contributed by atoms with Gasteiger partial charge in [-0.1, -0.05) is 6.07 Å². The maximum absolute atomic E-state index is 11.2. The van der Waals surface area contributed by atoms with Gasteiger partial charge in [-0.15, -0.1) is 0 Å². The fourth-order valence-corrected chi connectivity index (χ4v) is 3.02. The highest BCUT2D eigenvalue weighted by molar-refractivity contribution is 6.62. The molecule has 0 unspecified atom stereocenters. The lowest BCUT2D eigenvalue weighted by molar-refractivity contribution is -0.385. The zero-order valence-electron chi connectivity index (χ0n) is 13.7. The molecule has 118 valence electrons. The Morgan fingerprint density at radius 2 is 1.68 bits per heavy atom. The van der Waals surface area contributed by atoms with E-state index >= 15 is 0 Å². The highest BCUT2D eigenvalue weighted by Crippen LogP contribution is 2.38. The Hall–Kier alpha value is -1.44. The third-order valence-corrected chi connectivity index (χ3v) is 5.00. The fraction of sp³-hybridized carbons (Fsp3) is 0.600. The van der Waals surface area contributed by atoms with Crippen LogP contribution in [0.25, 0.3) is 0 Å². The molecule has 1 fully saturated rings. The maximum Gasteiger partial charge on any atom is 0.495 e. The van der Waals surface area contributed by atoms with E-state index in [1.807, 2.05) is 34.7 Å². The first kappa shape index (κ1) is 15.5. The standard InChI is InChI=1S/C15H21BN2O4/c1-14(2)15(3,4)22-16(21-14)12-6-7-13(18(19)20)11-9-17(5)8-10(11)12/h6-7H,8-9H2,1-5H3. The van der Waals surface area contributed by atoms with Gasteiger partial charge in [0.1, 0.15) is 0 Å². The second-order valence-electron chi connectivity index (χ2n) is 7.15. The number of nitro benzene ring substituents is 1. The summed E-state index contributed by atoms with van der Waals surface area (Å²) >= 11 is 0. The normalized spacial score (nSPS) is 22.9. The largest absolute Gasteiger partial charge is 0.495 e. The molecule has 2 aliphatic heterocycles. The summed E-state index contributed by atoms with van der Waals surface area (Å²) in [7, 11) is 1.48. The first-order valence-corrected chi connectivity index (χ1v) is 7.45. The van der Waals surface area contributed by atoms with E-state index in [1.165, 1.54) is 0 Å². The van der Waals surface area contributed by atoms with Crippen LogP contribution >= 0.6 is 0 Å². The van der Waals surface area contributed by atoms with Crippen molar-refractivity contribution in [2.75, 3.05) is 7.05 Å². The summed E-state index contributed by atoms with van der Waals surface area (Å²) < 4.78 is 12.2. The van der Waals surface area contributed by atoms with Gasteiger partial charge >= 0.3 is 7.12 Å². The lowest BCUT2D eigenvalue weighted by atomic mass is 9.75. The van der Waals surface area contributed by atoms with Gasteiger partial charge in [0.15, 0.2) is 0 Å². The second kappa shape index (κ2) is 4.78. The molecule has 1 saturated heterocycles.